The van der Waals surface area contributed by atoms with Crippen LogP contribution in [0.25, 0.3) is 0 Å². The van der Waals surface area contributed by atoms with Crippen LogP contribution in [0.2, 0.25) is 0 Å². The summed E-state index contributed by atoms with van der Waals surface area (Å²) < 4.78 is 20.9. The third-order valence-electron chi connectivity index (χ3n) is 0.648. The molecule has 0 N–H and O–H groups in total. The first-order valence-corrected chi connectivity index (χ1v) is 4.50. The van der Waals surface area contributed by atoms with E-state index in [0.29, 0.717) is 0 Å². The minimum atomic E-state index is -2.96. The third-order valence-corrected chi connectivity index (χ3v) is 2.61. The van der Waals surface area contributed by atoms with E-state index < -0.39 is 9.84 Å². The number of hydrogen-bond acceptors (Lipinski definition) is 3. The Morgan fingerprint density at radius 2 is 1.62 bits per heavy atom. The monoisotopic (exact) mass is 148 g/mol. The second-order valence-corrected chi connectivity index (χ2v) is 3.81. The molecule has 0 atom stereocenters. The molecule has 0 aromatic carbocycles. The SMILES string of the molecule is O=S1(=O)C=CSC=C1. The Balaban J connectivity index is 3.03. The fraction of sp³-hybridized carbons (Fsp3) is 0. The lowest BCUT2D eigenvalue weighted by atomic mass is 11.2. The van der Waals surface area contributed by atoms with Crippen LogP contribution in [0, 0.1) is 0 Å². The maximum Gasteiger partial charge on any atom is 0.194 e. The van der Waals surface area contributed by atoms with E-state index in [-0.39, 0.29) is 0 Å². The Morgan fingerprint density at radius 3 is 1.88 bits per heavy atom. The molecule has 0 spiro atoms. The van der Waals surface area contributed by atoms with Gasteiger partial charge in [-0.15, -0.1) is 11.8 Å². The molecular weight excluding hydrogens is 144 g/mol. The summed E-state index contributed by atoms with van der Waals surface area (Å²) in [5.41, 5.74) is 0. The Bertz CT molecular complexity index is 204. The molecule has 0 saturated heterocycles. The van der Waals surface area contributed by atoms with E-state index in [0.717, 1.165) is 0 Å². The highest BCUT2D eigenvalue weighted by Crippen LogP contribution is 2.13. The first-order valence-electron chi connectivity index (χ1n) is 1.94. The zero-order valence-corrected chi connectivity index (χ0v) is 5.58. The van der Waals surface area contributed by atoms with Crippen LogP contribution in [0.3, 0.4) is 0 Å². The van der Waals surface area contributed by atoms with E-state index >= 15 is 0 Å². The van der Waals surface area contributed by atoms with Gasteiger partial charge in [0.25, 0.3) is 0 Å². The molecule has 1 heterocycles. The Labute approximate surface area is 52.2 Å². The minimum absolute atomic E-state index is 1.18. The highest BCUT2D eigenvalue weighted by atomic mass is 32.2. The van der Waals surface area contributed by atoms with Crippen molar-refractivity contribution < 1.29 is 8.42 Å². The Hall–Kier alpha value is -0.220. The van der Waals surface area contributed by atoms with Crippen LogP contribution < -0.4 is 0 Å². The Kier molecular flexibility index (Phi) is 1.44. The highest BCUT2D eigenvalue weighted by molar-refractivity contribution is 8.08. The van der Waals surface area contributed by atoms with Gasteiger partial charge in [-0.3, -0.25) is 0 Å². The van der Waals surface area contributed by atoms with Gasteiger partial charge < -0.3 is 0 Å². The second kappa shape index (κ2) is 1.95. The van der Waals surface area contributed by atoms with Gasteiger partial charge in [0.05, 0.1) is 0 Å². The summed E-state index contributed by atoms with van der Waals surface area (Å²) in [7, 11) is -2.96. The van der Waals surface area contributed by atoms with Crippen molar-refractivity contribution in [3.63, 3.8) is 0 Å². The van der Waals surface area contributed by atoms with Crippen LogP contribution in [-0.4, -0.2) is 8.42 Å². The van der Waals surface area contributed by atoms with Gasteiger partial charge in [-0.05, 0) is 10.8 Å². The van der Waals surface area contributed by atoms with Crippen molar-refractivity contribution in [3.8, 4) is 0 Å². The van der Waals surface area contributed by atoms with Crippen LogP contribution in [0.4, 0.5) is 0 Å². The van der Waals surface area contributed by atoms with Crippen molar-refractivity contribution in [2.24, 2.45) is 0 Å². The van der Waals surface area contributed by atoms with Crippen LogP contribution >= 0.6 is 11.8 Å². The van der Waals surface area contributed by atoms with Crippen LogP contribution in [0.1, 0.15) is 0 Å². The summed E-state index contributed by atoms with van der Waals surface area (Å²) in [6.45, 7) is 0. The molecule has 0 radical (unpaired) electrons. The topological polar surface area (TPSA) is 34.1 Å². The van der Waals surface area contributed by atoms with E-state index in [2.05, 4.69) is 0 Å². The lowest BCUT2D eigenvalue weighted by Gasteiger charge is -1.91. The van der Waals surface area contributed by atoms with Gasteiger partial charge in [0, 0.05) is 10.8 Å². The van der Waals surface area contributed by atoms with Gasteiger partial charge in [-0.2, -0.15) is 0 Å². The van der Waals surface area contributed by atoms with Crippen molar-refractivity contribution in [1.82, 2.24) is 0 Å². The summed E-state index contributed by atoms with van der Waals surface area (Å²) in [6.07, 6.45) is 0. The molecule has 1 aliphatic rings. The van der Waals surface area contributed by atoms with Gasteiger partial charge in [-0.1, -0.05) is 0 Å². The van der Waals surface area contributed by atoms with E-state index in [1.165, 1.54) is 33.4 Å². The molecule has 0 bridgehead atoms. The first kappa shape index (κ1) is 5.91. The first-order chi connectivity index (χ1) is 3.71. The summed E-state index contributed by atoms with van der Waals surface area (Å²) in [4.78, 5) is 0. The van der Waals surface area contributed by atoms with Crippen molar-refractivity contribution >= 4 is 21.6 Å². The lowest BCUT2D eigenvalue weighted by molar-refractivity contribution is 0.612. The lowest BCUT2D eigenvalue weighted by Crippen LogP contribution is -1.88. The van der Waals surface area contributed by atoms with E-state index in [1.54, 1.807) is 0 Å². The molecule has 1 aliphatic heterocycles. The number of thioether (sulfide) groups is 1. The minimum Gasteiger partial charge on any atom is -0.220 e. The van der Waals surface area contributed by atoms with Crippen molar-refractivity contribution in [2.75, 3.05) is 0 Å². The van der Waals surface area contributed by atoms with E-state index in [4.69, 9.17) is 0 Å². The molecule has 0 aromatic rings. The smallest absolute Gasteiger partial charge is 0.194 e. The maximum atomic E-state index is 10.5. The molecule has 44 valence electrons. The molecule has 0 aliphatic carbocycles. The second-order valence-electron chi connectivity index (χ2n) is 1.27. The zero-order chi connectivity index (χ0) is 6.04. The maximum absolute atomic E-state index is 10.5. The largest absolute Gasteiger partial charge is 0.220 e. The summed E-state index contributed by atoms with van der Waals surface area (Å²) in [5.74, 6) is 0. The molecule has 2 nitrogen and oxygen atoms in total. The standard InChI is InChI=1S/C4H4O2S2/c5-8(6)3-1-7-2-4-8/h1-4H. The number of sulfone groups is 1. The van der Waals surface area contributed by atoms with Gasteiger partial charge in [-0.25, -0.2) is 8.42 Å². The van der Waals surface area contributed by atoms with E-state index in [1.807, 2.05) is 0 Å². The van der Waals surface area contributed by atoms with Gasteiger partial charge in [0.1, 0.15) is 0 Å². The third kappa shape index (κ3) is 1.38. The van der Waals surface area contributed by atoms with Crippen LogP contribution in [0.5, 0.6) is 0 Å². The Morgan fingerprint density at radius 1 is 1.12 bits per heavy atom. The van der Waals surface area contributed by atoms with Crippen LogP contribution in [0.15, 0.2) is 21.6 Å². The number of hydrogen-bond donors (Lipinski definition) is 0. The molecule has 0 aromatic heterocycles. The highest BCUT2D eigenvalue weighted by Gasteiger charge is 2.00. The average Bonchev–Trinajstić information content (AvgIpc) is 1.65. The van der Waals surface area contributed by atoms with Crippen molar-refractivity contribution in [1.29, 1.82) is 0 Å². The van der Waals surface area contributed by atoms with Crippen molar-refractivity contribution in [2.45, 2.75) is 0 Å². The molecule has 0 unspecified atom stereocenters. The van der Waals surface area contributed by atoms with Crippen molar-refractivity contribution in [3.05, 3.63) is 21.6 Å². The summed E-state index contributed by atoms with van der Waals surface area (Å²) >= 11 is 1.36. The fourth-order valence-corrected chi connectivity index (χ4v) is 2.24. The predicted molar refractivity (Wildman–Crippen MR) is 34.8 cm³/mol. The molecule has 0 fully saturated rings. The molecule has 4 heteroatoms. The van der Waals surface area contributed by atoms with E-state index in [9.17, 15) is 8.42 Å². The van der Waals surface area contributed by atoms with Gasteiger partial charge in [0.15, 0.2) is 9.84 Å². The molecule has 1 rings (SSSR count). The quantitative estimate of drug-likeness (QED) is 0.515. The predicted octanol–water partition coefficient (Wildman–Crippen LogP) is 1.09. The normalized spacial score (nSPS) is 23.5. The fourth-order valence-electron chi connectivity index (χ4n) is 0.310. The zero-order valence-electron chi connectivity index (χ0n) is 3.94. The van der Waals surface area contributed by atoms with Gasteiger partial charge in [0.2, 0.25) is 0 Å². The molecule has 0 amide bonds. The summed E-state index contributed by atoms with van der Waals surface area (Å²) in [5, 5.41) is 5.43. The van der Waals surface area contributed by atoms with Crippen LogP contribution in [-0.2, 0) is 9.84 Å². The molecule has 0 saturated carbocycles. The number of rotatable bonds is 0. The summed E-state index contributed by atoms with van der Waals surface area (Å²) in [6, 6.07) is 0. The molecule has 8 heavy (non-hydrogen) atoms. The van der Waals surface area contributed by atoms with Gasteiger partial charge >= 0.3 is 0 Å². The average molecular weight is 148 g/mol. The molecular formula is C4H4O2S2.